The van der Waals surface area contributed by atoms with Gasteiger partial charge >= 0.3 is 0 Å². The first kappa shape index (κ1) is 11.2. The fourth-order valence-electron chi connectivity index (χ4n) is 1.26. The molecular formula is C9H14N4O2. The number of nitrogens with zero attached hydrogens (tertiary/aromatic N) is 2. The molecule has 6 heteroatoms. The molecule has 0 radical (unpaired) electrons. The van der Waals surface area contributed by atoms with Gasteiger partial charge in [0.05, 0.1) is 6.33 Å². The molecule has 0 unspecified atom stereocenters. The summed E-state index contributed by atoms with van der Waals surface area (Å²) in [5.41, 5.74) is 0.443. The number of rotatable bonds is 3. The van der Waals surface area contributed by atoms with Crippen molar-refractivity contribution < 1.29 is 9.59 Å². The first-order valence-electron chi connectivity index (χ1n) is 4.65. The fraction of sp³-hybridized carbons (Fsp3) is 0.444. The first-order chi connectivity index (χ1) is 7.15. The second kappa shape index (κ2) is 4.59. The van der Waals surface area contributed by atoms with E-state index in [1.165, 1.54) is 20.4 Å². The lowest BCUT2D eigenvalue weighted by molar-refractivity contribution is 0.0920. The van der Waals surface area contributed by atoms with Gasteiger partial charge in [-0.25, -0.2) is 4.98 Å². The molecule has 1 heterocycles. The minimum atomic E-state index is -0.360. The van der Waals surface area contributed by atoms with Crippen LogP contribution < -0.4 is 10.6 Å². The van der Waals surface area contributed by atoms with Gasteiger partial charge < -0.3 is 15.2 Å². The Morgan fingerprint density at radius 2 is 1.93 bits per heavy atom. The van der Waals surface area contributed by atoms with Crippen LogP contribution >= 0.6 is 0 Å². The minimum absolute atomic E-state index is 0.152. The van der Waals surface area contributed by atoms with Crippen LogP contribution in [0.3, 0.4) is 0 Å². The molecule has 82 valence electrons. The number of aryl methyl sites for hydroxylation is 1. The Bertz CT molecular complexity index is 383. The second-order valence-electron chi connectivity index (χ2n) is 2.89. The molecule has 0 aliphatic carbocycles. The van der Waals surface area contributed by atoms with Gasteiger partial charge in [-0.2, -0.15) is 0 Å². The van der Waals surface area contributed by atoms with Gasteiger partial charge in [0.2, 0.25) is 0 Å². The lowest BCUT2D eigenvalue weighted by Gasteiger charge is -2.05. The van der Waals surface area contributed by atoms with Crippen LogP contribution in [0.25, 0.3) is 0 Å². The number of amides is 2. The predicted octanol–water partition coefficient (Wildman–Crippen LogP) is -0.378. The highest BCUT2D eigenvalue weighted by atomic mass is 16.2. The number of nitrogens with one attached hydrogen (secondary N) is 2. The Labute approximate surface area is 87.7 Å². The first-order valence-corrected chi connectivity index (χ1v) is 4.65. The Kier molecular flexibility index (Phi) is 3.43. The Morgan fingerprint density at radius 3 is 2.40 bits per heavy atom. The van der Waals surface area contributed by atoms with E-state index in [-0.39, 0.29) is 17.5 Å². The van der Waals surface area contributed by atoms with Gasteiger partial charge in [0.15, 0.2) is 5.69 Å². The monoisotopic (exact) mass is 210 g/mol. The SMILES string of the molecule is CCn1cnc(C(=O)NC)c1C(=O)NC. The van der Waals surface area contributed by atoms with Gasteiger partial charge in [0.1, 0.15) is 5.69 Å². The van der Waals surface area contributed by atoms with Gasteiger partial charge in [-0.3, -0.25) is 9.59 Å². The van der Waals surface area contributed by atoms with E-state index in [9.17, 15) is 9.59 Å². The summed E-state index contributed by atoms with van der Waals surface area (Å²) in [5, 5.41) is 4.92. The number of hydrogen-bond donors (Lipinski definition) is 2. The predicted molar refractivity (Wildman–Crippen MR) is 54.7 cm³/mol. The van der Waals surface area contributed by atoms with Crippen molar-refractivity contribution in [2.75, 3.05) is 14.1 Å². The zero-order chi connectivity index (χ0) is 11.4. The van der Waals surface area contributed by atoms with Crippen molar-refractivity contribution >= 4 is 11.8 Å². The highest BCUT2D eigenvalue weighted by Gasteiger charge is 2.21. The molecule has 0 bridgehead atoms. The number of imidazole rings is 1. The summed E-state index contributed by atoms with van der Waals surface area (Å²) in [6.45, 7) is 2.47. The molecule has 2 amide bonds. The lowest BCUT2D eigenvalue weighted by atomic mass is 10.3. The molecule has 15 heavy (non-hydrogen) atoms. The van der Waals surface area contributed by atoms with Gasteiger partial charge in [0, 0.05) is 20.6 Å². The lowest BCUT2D eigenvalue weighted by Crippen LogP contribution is -2.27. The quantitative estimate of drug-likeness (QED) is 0.714. The van der Waals surface area contributed by atoms with E-state index in [0.29, 0.717) is 12.2 Å². The van der Waals surface area contributed by atoms with E-state index < -0.39 is 0 Å². The molecule has 1 aromatic rings. The zero-order valence-corrected chi connectivity index (χ0v) is 9.00. The van der Waals surface area contributed by atoms with Crippen molar-refractivity contribution in [1.82, 2.24) is 20.2 Å². The zero-order valence-electron chi connectivity index (χ0n) is 9.00. The van der Waals surface area contributed by atoms with E-state index in [1.54, 1.807) is 4.57 Å². The van der Waals surface area contributed by atoms with Crippen molar-refractivity contribution in [2.24, 2.45) is 0 Å². The van der Waals surface area contributed by atoms with Crippen LogP contribution in [0.2, 0.25) is 0 Å². The normalized spacial score (nSPS) is 9.80. The molecule has 1 aromatic heterocycles. The van der Waals surface area contributed by atoms with Crippen LogP contribution in [-0.4, -0.2) is 35.5 Å². The number of carbonyl (C=O) groups excluding carboxylic acids is 2. The van der Waals surface area contributed by atoms with Crippen LogP contribution in [0.5, 0.6) is 0 Å². The summed E-state index contributed by atoms with van der Waals surface area (Å²) in [4.78, 5) is 26.9. The van der Waals surface area contributed by atoms with Gasteiger partial charge in [-0.15, -0.1) is 0 Å². The fourth-order valence-corrected chi connectivity index (χ4v) is 1.26. The molecule has 1 rings (SSSR count). The standard InChI is InChI=1S/C9H14N4O2/c1-4-13-5-12-6(8(14)10-2)7(13)9(15)11-3/h5H,4H2,1-3H3,(H,10,14)(H,11,15). The van der Waals surface area contributed by atoms with E-state index in [1.807, 2.05) is 6.92 Å². The van der Waals surface area contributed by atoms with Gasteiger partial charge in [-0.1, -0.05) is 0 Å². The van der Waals surface area contributed by atoms with Crippen molar-refractivity contribution in [2.45, 2.75) is 13.5 Å². The van der Waals surface area contributed by atoms with Crippen molar-refractivity contribution in [1.29, 1.82) is 0 Å². The van der Waals surface area contributed by atoms with E-state index in [2.05, 4.69) is 15.6 Å². The van der Waals surface area contributed by atoms with Crippen LogP contribution in [0, 0.1) is 0 Å². The van der Waals surface area contributed by atoms with Crippen LogP contribution in [0.4, 0.5) is 0 Å². The third-order valence-electron chi connectivity index (χ3n) is 2.06. The third-order valence-corrected chi connectivity index (χ3v) is 2.06. The highest BCUT2D eigenvalue weighted by Crippen LogP contribution is 2.07. The molecule has 0 aromatic carbocycles. The molecule has 0 aliphatic rings. The van der Waals surface area contributed by atoms with Crippen LogP contribution in [-0.2, 0) is 6.54 Å². The van der Waals surface area contributed by atoms with Crippen molar-refractivity contribution in [3.8, 4) is 0 Å². The van der Waals surface area contributed by atoms with Crippen molar-refractivity contribution in [3.05, 3.63) is 17.7 Å². The largest absolute Gasteiger partial charge is 0.354 e. The molecule has 6 nitrogen and oxygen atoms in total. The summed E-state index contributed by atoms with van der Waals surface area (Å²) in [6.07, 6.45) is 1.48. The van der Waals surface area contributed by atoms with Gasteiger partial charge in [-0.05, 0) is 6.92 Å². The maximum Gasteiger partial charge on any atom is 0.272 e. The molecular weight excluding hydrogens is 196 g/mol. The molecule has 0 saturated carbocycles. The summed E-state index contributed by atoms with van der Waals surface area (Å²) < 4.78 is 1.63. The minimum Gasteiger partial charge on any atom is -0.354 e. The number of aromatic nitrogens is 2. The molecule has 0 aliphatic heterocycles. The Balaban J connectivity index is 3.23. The molecule has 0 saturated heterocycles. The number of hydrogen-bond acceptors (Lipinski definition) is 3. The maximum atomic E-state index is 11.5. The third kappa shape index (κ3) is 1.98. The molecule has 0 fully saturated rings. The summed E-state index contributed by atoms with van der Waals surface area (Å²) >= 11 is 0. The molecule has 0 spiro atoms. The Morgan fingerprint density at radius 1 is 1.33 bits per heavy atom. The molecule has 0 atom stereocenters. The Hall–Kier alpha value is -1.85. The number of carbonyl (C=O) groups is 2. The summed E-state index contributed by atoms with van der Waals surface area (Å²) in [6, 6.07) is 0. The van der Waals surface area contributed by atoms with Gasteiger partial charge in [0.25, 0.3) is 11.8 Å². The summed E-state index contributed by atoms with van der Waals surface area (Å²) in [5.74, 6) is -0.672. The average molecular weight is 210 g/mol. The van der Waals surface area contributed by atoms with E-state index in [0.717, 1.165) is 0 Å². The summed E-state index contributed by atoms with van der Waals surface area (Å²) in [7, 11) is 3.02. The second-order valence-corrected chi connectivity index (χ2v) is 2.89. The van der Waals surface area contributed by atoms with Crippen molar-refractivity contribution in [3.63, 3.8) is 0 Å². The highest BCUT2D eigenvalue weighted by molar-refractivity contribution is 6.04. The van der Waals surface area contributed by atoms with Crippen LogP contribution in [0.15, 0.2) is 6.33 Å². The maximum absolute atomic E-state index is 11.5. The topological polar surface area (TPSA) is 76.0 Å². The van der Waals surface area contributed by atoms with E-state index in [4.69, 9.17) is 0 Å². The van der Waals surface area contributed by atoms with E-state index >= 15 is 0 Å². The van der Waals surface area contributed by atoms with Crippen LogP contribution in [0.1, 0.15) is 27.9 Å². The average Bonchev–Trinajstić information content (AvgIpc) is 2.70. The molecule has 2 N–H and O–H groups in total. The smallest absolute Gasteiger partial charge is 0.272 e.